The Hall–Kier alpha value is -2.22. The average molecular weight is 370 g/mol. The van der Waals surface area contributed by atoms with Crippen molar-refractivity contribution in [1.82, 2.24) is 9.88 Å². The van der Waals surface area contributed by atoms with Gasteiger partial charge in [-0.2, -0.15) is 13.2 Å². The molecule has 0 bridgehead atoms. The molecule has 1 heterocycles. The number of aromatic nitrogens is 1. The van der Waals surface area contributed by atoms with E-state index in [0.717, 1.165) is 24.0 Å². The van der Waals surface area contributed by atoms with Gasteiger partial charge in [0.2, 0.25) is 5.91 Å². The fraction of sp³-hybridized carbons (Fsp3) is 0.294. The van der Waals surface area contributed by atoms with Crippen LogP contribution in [-0.2, 0) is 11.0 Å². The van der Waals surface area contributed by atoms with Gasteiger partial charge in [-0.1, -0.05) is 30.0 Å². The van der Waals surface area contributed by atoms with Gasteiger partial charge < -0.3 is 10.0 Å². The Labute approximate surface area is 147 Å². The monoisotopic (exact) mass is 370 g/mol. The number of rotatable bonds is 5. The van der Waals surface area contributed by atoms with Crippen molar-refractivity contribution < 1.29 is 23.1 Å². The Morgan fingerprint density at radius 2 is 1.96 bits per heavy atom. The number of para-hydroxylation sites is 1. The minimum absolute atomic E-state index is 0.0345. The molecular formula is C17H17F3N2O2S. The molecule has 2 aromatic rings. The molecule has 1 amide bonds. The zero-order valence-electron chi connectivity index (χ0n) is 13.6. The van der Waals surface area contributed by atoms with Crippen molar-refractivity contribution in [3.63, 3.8) is 0 Å². The zero-order chi connectivity index (χ0) is 18.6. The third kappa shape index (κ3) is 4.88. The van der Waals surface area contributed by atoms with Crippen molar-refractivity contribution in [1.29, 1.82) is 0 Å². The summed E-state index contributed by atoms with van der Waals surface area (Å²) in [6, 6.07) is 8.58. The number of amides is 1. The maximum Gasteiger partial charge on any atom is 0.417 e. The number of alkyl halides is 3. The maximum atomic E-state index is 12.5. The first-order chi connectivity index (χ1) is 11.7. The summed E-state index contributed by atoms with van der Waals surface area (Å²) in [6.07, 6.45) is -3.68. The normalized spacial score (nSPS) is 12.7. The summed E-state index contributed by atoms with van der Waals surface area (Å²) < 4.78 is 37.5. The quantitative estimate of drug-likeness (QED) is 0.805. The van der Waals surface area contributed by atoms with Crippen molar-refractivity contribution in [2.24, 2.45) is 0 Å². The second-order valence-corrected chi connectivity index (χ2v) is 6.41. The Morgan fingerprint density at radius 3 is 2.52 bits per heavy atom. The van der Waals surface area contributed by atoms with Gasteiger partial charge in [-0.15, -0.1) is 0 Å². The summed E-state index contributed by atoms with van der Waals surface area (Å²) >= 11 is 1.06. The topological polar surface area (TPSA) is 53.4 Å². The van der Waals surface area contributed by atoms with Crippen LogP contribution in [0.2, 0.25) is 0 Å². The molecule has 0 aliphatic carbocycles. The number of phenolic OH excluding ortho intramolecular Hbond substituents is 1. The Kier molecular flexibility index (Phi) is 5.94. The predicted octanol–water partition coefficient (Wildman–Crippen LogP) is 4.12. The van der Waals surface area contributed by atoms with Crippen LogP contribution in [0.3, 0.4) is 0 Å². The number of thioether (sulfide) groups is 1. The van der Waals surface area contributed by atoms with E-state index in [1.165, 1.54) is 11.0 Å². The smallest absolute Gasteiger partial charge is 0.417 e. The van der Waals surface area contributed by atoms with Crippen LogP contribution in [0, 0.1) is 0 Å². The zero-order valence-corrected chi connectivity index (χ0v) is 14.4. The molecule has 8 heteroatoms. The van der Waals surface area contributed by atoms with E-state index in [1.807, 2.05) is 0 Å². The SMILES string of the molecule is C[C@@H](c1ccccc1O)N(C)C(=O)CSc1ccc(C(F)(F)F)cn1. The first kappa shape index (κ1) is 19.1. The Balaban J connectivity index is 1.96. The predicted molar refractivity (Wildman–Crippen MR) is 89.3 cm³/mol. The van der Waals surface area contributed by atoms with Crippen LogP contribution in [0.1, 0.15) is 24.1 Å². The molecule has 0 unspecified atom stereocenters. The van der Waals surface area contributed by atoms with Crippen LogP contribution in [0.15, 0.2) is 47.6 Å². The van der Waals surface area contributed by atoms with E-state index in [-0.39, 0.29) is 23.5 Å². The van der Waals surface area contributed by atoms with Crippen molar-refractivity contribution in [3.05, 3.63) is 53.7 Å². The summed E-state index contributed by atoms with van der Waals surface area (Å²) in [5, 5.41) is 10.2. The molecule has 1 aromatic heterocycles. The minimum atomic E-state index is -4.43. The highest BCUT2D eigenvalue weighted by molar-refractivity contribution is 7.99. The van der Waals surface area contributed by atoms with E-state index in [9.17, 15) is 23.1 Å². The van der Waals surface area contributed by atoms with Crippen LogP contribution in [0.4, 0.5) is 13.2 Å². The number of pyridine rings is 1. The van der Waals surface area contributed by atoms with Gasteiger partial charge in [-0.05, 0) is 25.1 Å². The molecule has 134 valence electrons. The molecule has 0 saturated carbocycles. The van der Waals surface area contributed by atoms with E-state index in [1.54, 1.807) is 38.2 Å². The summed E-state index contributed by atoms with van der Waals surface area (Å²) in [5.74, 6) is -0.0820. The van der Waals surface area contributed by atoms with E-state index in [0.29, 0.717) is 10.6 Å². The molecule has 1 aromatic carbocycles. The Bertz CT molecular complexity index is 735. The summed E-state index contributed by atoms with van der Waals surface area (Å²) in [4.78, 5) is 17.5. The van der Waals surface area contributed by atoms with Crippen molar-refractivity contribution in [3.8, 4) is 5.75 Å². The van der Waals surface area contributed by atoms with Crippen molar-refractivity contribution >= 4 is 17.7 Å². The fourth-order valence-corrected chi connectivity index (χ4v) is 2.90. The van der Waals surface area contributed by atoms with Gasteiger partial charge >= 0.3 is 6.18 Å². The molecule has 1 atom stereocenters. The molecule has 4 nitrogen and oxygen atoms in total. The average Bonchev–Trinajstić information content (AvgIpc) is 2.58. The maximum absolute atomic E-state index is 12.5. The lowest BCUT2D eigenvalue weighted by Crippen LogP contribution is -2.31. The number of halogens is 3. The lowest BCUT2D eigenvalue weighted by atomic mass is 10.1. The van der Waals surface area contributed by atoms with Crippen LogP contribution in [0.5, 0.6) is 5.75 Å². The van der Waals surface area contributed by atoms with Crippen LogP contribution in [0.25, 0.3) is 0 Å². The van der Waals surface area contributed by atoms with Crippen LogP contribution < -0.4 is 0 Å². The minimum Gasteiger partial charge on any atom is -0.508 e. The Morgan fingerprint density at radius 1 is 1.28 bits per heavy atom. The number of hydrogen-bond acceptors (Lipinski definition) is 4. The number of aromatic hydroxyl groups is 1. The lowest BCUT2D eigenvalue weighted by molar-refractivity contribution is -0.138. The van der Waals surface area contributed by atoms with E-state index in [2.05, 4.69) is 4.98 Å². The van der Waals surface area contributed by atoms with E-state index < -0.39 is 11.7 Å². The fourth-order valence-electron chi connectivity index (χ4n) is 2.14. The third-order valence-electron chi connectivity index (χ3n) is 3.77. The second-order valence-electron chi connectivity index (χ2n) is 5.41. The molecule has 1 N–H and O–H groups in total. The number of hydrogen-bond donors (Lipinski definition) is 1. The molecule has 0 aliphatic heterocycles. The molecule has 0 aliphatic rings. The summed E-state index contributed by atoms with van der Waals surface area (Å²) in [7, 11) is 1.61. The molecule has 0 saturated heterocycles. The van der Waals surface area contributed by atoms with Crippen LogP contribution >= 0.6 is 11.8 Å². The molecular weight excluding hydrogens is 353 g/mol. The second kappa shape index (κ2) is 7.77. The van der Waals surface area contributed by atoms with Gasteiger partial charge in [0.15, 0.2) is 0 Å². The lowest BCUT2D eigenvalue weighted by Gasteiger charge is -2.25. The first-order valence-corrected chi connectivity index (χ1v) is 8.38. The standard InChI is InChI=1S/C17H17F3N2O2S/c1-11(13-5-3-4-6-14(13)23)22(2)16(24)10-25-15-8-7-12(9-21-15)17(18,19)20/h3-9,11,23H,10H2,1-2H3/t11-/m0/s1. The highest BCUT2D eigenvalue weighted by Crippen LogP contribution is 2.30. The van der Waals surface area contributed by atoms with Gasteiger partial charge in [-0.3, -0.25) is 4.79 Å². The molecule has 0 fully saturated rings. The van der Waals surface area contributed by atoms with E-state index in [4.69, 9.17) is 0 Å². The number of nitrogens with zero attached hydrogens (tertiary/aromatic N) is 2. The highest BCUT2D eigenvalue weighted by atomic mass is 32.2. The van der Waals surface area contributed by atoms with E-state index >= 15 is 0 Å². The van der Waals surface area contributed by atoms with Gasteiger partial charge in [0.25, 0.3) is 0 Å². The molecule has 0 radical (unpaired) electrons. The highest BCUT2D eigenvalue weighted by Gasteiger charge is 2.30. The van der Waals surface area contributed by atoms with Gasteiger partial charge in [0, 0.05) is 18.8 Å². The number of benzene rings is 1. The molecule has 25 heavy (non-hydrogen) atoms. The number of carbonyl (C=O) groups is 1. The van der Waals surface area contributed by atoms with Gasteiger partial charge in [0.05, 0.1) is 22.4 Å². The molecule has 0 spiro atoms. The first-order valence-electron chi connectivity index (χ1n) is 7.39. The number of carbonyl (C=O) groups excluding carboxylic acids is 1. The van der Waals surface area contributed by atoms with Gasteiger partial charge in [-0.25, -0.2) is 4.98 Å². The summed E-state index contributed by atoms with van der Waals surface area (Å²) in [6.45, 7) is 1.79. The largest absolute Gasteiger partial charge is 0.508 e. The van der Waals surface area contributed by atoms with Gasteiger partial charge in [0.1, 0.15) is 5.75 Å². The van der Waals surface area contributed by atoms with Crippen molar-refractivity contribution in [2.75, 3.05) is 12.8 Å². The third-order valence-corrected chi connectivity index (χ3v) is 4.70. The number of phenols is 1. The van der Waals surface area contributed by atoms with Crippen LogP contribution in [-0.4, -0.2) is 33.7 Å². The van der Waals surface area contributed by atoms with Crippen molar-refractivity contribution in [2.45, 2.75) is 24.2 Å². The molecule has 2 rings (SSSR count). The summed E-state index contributed by atoms with van der Waals surface area (Å²) in [5.41, 5.74) is -0.204.